The molecule has 0 aromatic heterocycles. The number of halogens is 2. The Morgan fingerprint density at radius 3 is 2.24 bits per heavy atom. The second kappa shape index (κ2) is 7.61. The van der Waals surface area contributed by atoms with Gasteiger partial charge in [-0.15, -0.1) is 0 Å². The summed E-state index contributed by atoms with van der Waals surface area (Å²) in [6, 6.07) is 17.0. The third-order valence-corrected chi connectivity index (χ3v) is 5.69. The fourth-order valence-corrected chi connectivity index (χ4v) is 2.79. The molecule has 0 aliphatic rings. The maximum absolute atomic E-state index is 12.3. The van der Waals surface area contributed by atoms with Gasteiger partial charge in [0.1, 0.15) is 10.6 Å². The first-order valence-electron chi connectivity index (χ1n) is 6.40. The SMILES string of the molecule is COc1ccc(NC(=O)[C@H](Br)[C@@H](Br)c2ccccc2)cc1. The Hall–Kier alpha value is -1.33. The number of ether oxygens (including phenoxy) is 1. The molecule has 0 saturated heterocycles. The Morgan fingerprint density at radius 1 is 1.05 bits per heavy atom. The van der Waals surface area contributed by atoms with E-state index in [1.807, 2.05) is 54.6 Å². The predicted molar refractivity (Wildman–Crippen MR) is 92.4 cm³/mol. The van der Waals surface area contributed by atoms with Crippen LogP contribution in [0.25, 0.3) is 0 Å². The quantitative estimate of drug-likeness (QED) is 0.732. The Balaban J connectivity index is 2.01. The fourth-order valence-electron chi connectivity index (χ4n) is 1.82. The number of amides is 1. The van der Waals surface area contributed by atoms with Crippen LogP contribution >= 0.6 is 31.9 Å². The van der Waals surface area contributed by atoms with Gasteiger partial charge in [0.25, 0.3) is 0 Å². The van der Waals surface area contributed by atoms with Gasteiger partial charge in [-0.05, 0) is 29.8 Å². The molecule has 0 saturated carbocycles. The minimum Gasteiger partial charge on any atom is -0.497 e. The average molecular weight is 413 g/mol. The number of alkyl halides is 2. The van der Waals surface area contributed by atoms with Gasteiger partial charge < -0.3 is 10.1 Å². The molecule has 21 heavy (non-hydrogen) atoms. The second-order valence-corrected chi connectivity index (χ2v) is 6.40. The standard InChI is InChI=1S/C16H15Br2NO2/c1-21-13-9-7-12(8-10-13)19-16(20)15(18)14(17)11-5-3-2-4-6-11/h2-10,14-15H,1H3,(H,19,20)/t14-,15+/m0/s1. The summed E-state index contributed by atoms with van der Waals surface area (Å²) < 4.78 is 5.09. The van der Waals surface area contributed by atoms with E-state index in [2.05, 4.69) is 37.2 Å². The van der Waals surface area contributed by atoms with Crippen LogP contribution in [0.15, 0.2) is 54.6 Å². The molecule has 0 aliphatic carbocycles. The van der Waals surface area contributed by atoms with Gasteiger partial charge in [-0.25, -0.2) is 0 Å². The van der Waals surface area contributed by atoms with Crippen molar-refractivity contribution < 1.29 is 9.53 Å². The van der Waals surface area contributed by atoms with E-state index in [-0.39, 0.29) is 15.6 Å². The lowest BCUT2D eigenvalue weighted by molar-refractivity contribution is -0.115. The van der Waals surface area contributed by atoms with Crippen LogP contribution in [0.5, 0.6) is 5.75 Å². The van der Waals surface area contributed by atoms with E-state index in [4.69, 9.17) is 4.74 Å². The first-order chi connectivity index (χ1) is 10.1. The van der Waals surface area contributed by atoms with Crippen molar-refractivity contribution in [1.82, 2.24) is 0 Å². The van der Waals surface area contributed by atoms with Gasteiger partial charge in [-0.2, -0.15) is 0 Å². The van der Waals surface area contributed by atoms with Crippen LogP contribution in [0, 0.1) is 0 Å². The summed E-state index contributed by atoms with van der Waals surface area (Å²) in [6.07, 6.45) is 0. The number of rotatable bonds is 5. The van der Waals surface area contributed by atoms with Gasteiger partial charge in [-0.3, -0.25) is 4.79 Å². The maximum atomic E-state index is 12.3. The Kier molecular flexibility index (Phi) is 5.82. The van der Waals surface area contributed by atoms with Gasteiger partial charge in [-0.1, -0.05) is 62.2 Å². The number of benzene rings is 2. The van der Waals surface area contributed by atoms with Gasteiger partial charge >= 0.3 is 0 Å². The largest absolute Gasteiger partial charge is 0.497 e. The highest BCUT2D eigenvalue weighted by Gasteiger charge is 2.24. The fraction of sp³-hybridized carbons (Fsp3) is 0.188. The van der Waals surface area contributed by atoms with E-state index in [0.29, 0.717) is 0 Å². The third-order valence-electron chi connectivity index (χ3n) is 2.98. The molecule has 1 N–H and O–H groups in total. The Labute approximate surface area is 141 Å². The summed E-state index contributed by atoms with van der Waals surface area (Å²) in [6.45, 7) is 0. The molecule has 0 unspecified atom stereocenters. The summed E-state index contributed by atoms with van der Waals surface area (Å²) in [5.74, 6) is 0.650. The summed E-state index contributed by atoms with van der Waals surface area (Å²) in [5.41, 5.74) is 1.78. The highest BCUT2D eigenvalue weighted by atomic mass is 79.9. The first kappa shape index (κ1) is 16.0. The summed E-state index contributed by atoms with van der Waals surface area (Å²) in [7, 11) is 1.61. The van der Waals surface area contributed by atoms with Crippen molar-refractivity contribution in [3.63, 3.8) is 0 Å². The molecule has 0 spiro atoms. The Bertz CT molecular complexity index is 587. The van der Waals surface area contributed by atoms with Crippen molar-refractivity contribution in [1.29, 1.82) is 0 Å². The molecule has 110 valence electrons. The summed E-state index contributed by atoms with van der Waals surface area (Å²) >= 11 is 7.01. The molecular formula is C16H15Br2NO2. The highest BCUT2D eigenvalue weighted by Crippen LogP contribution is 2.31. The van der Waals surface area contributed by atoms with Crippen molar-refractivity contribution in [2.24, 2.45) is 0 Å². The van der Waals surface area contributed by atoms with Crippen LogP contribution in [0.2, 0.25) is 0 Å². The van der Waals surface area contributed by atoms with Gasteiger partial charge in [0.2, 0.25) is 5.91 Å². The number of carbonyl (C=O) groups excluding carboxylic acids is 1. The molecular weight excluding hydrogens is 398 g/mol. The molecule has 2 rings (SSSR count). The lowest BCUT2D eigenvalue weighted by atomic mass is 10.1. The number of methoxy groups -OCH3 is 1. The van der Waals surface area contributed by atoms with Crippen molar-refractivity contribution in [2.45, 2.75) is 9.65 Å². The zero-order valence-electron chi connectivity index (χ0n) is 11.4. The van der Waals surface area contributed by atoms with Gasteiger partial charge in [0.15, 0.2) is 0 Å². The monoisotopic (exact) mass is 411 g/mol. The topological polar surface area (TPSA) is 38.3 Å². The molecule has 0 heterocycles. The predicted octanol–water partition coefficient (Wildman–Crippen LogP) is 4.53. The van der Waals surface area contributed by atoms with Crippen molar-refractivity contribution >= 4 is 43.5 Å². The van der Waals surface area contributed by atoms with Gasteiger partial charge in [0, 0.05) is 5.69 Å². The molecule has 1 amide bonds. The molecule has 0 bridgehead atoms. The lowest BCUT2D eigenvalue weighted by Crippen LogP contribution is -2.26. The zero-order valence-corrected chi connectivity index (χ0v) is 14.6. The molecule has 0 fully saturated rings. The minimum absolute atomic E-state index is 0.100. The smallest absolute Gasteiger partial charge is 0.239 e. The molecule has 0 aliphatic heterocycles. The Morgan fingerprint density at radius 2 is 1.67 bits per heavy atom. The second-order valence-electron chi connectivity index (χ2n) is 4.43. The van der Waals surface area contributed by atoms with Crippen molar-refractivity contribution in [3.05, 3.63) is 60.2 Å². The molecule has 2 aromatic rings. The summed E-state index contributed by atoms with van der Waals surface area (Å²) in [4.78, 5) is 11.8. The third kappa shape index (κ3) is 4.32. The molecule has 2 aromatic carbocycles. The van der Waals surface area contributed by atoms with E-state index >= 15 is 0 Å². The van der Waals surface area contributed by atoms with Crippen LogP contribution < -0.4 is 10.1 Å². The maximum Gasteiger partial charge on any atom is 0.239 e. The van der Waals surface area contributed by atoms with E-state index in [1.54, 1.807) is 7.11 Å². The highest BCUT2D eigenvalue weighted by molar-refractivity contribution is 9.12. The first-order valence-corrected chi connectivity index (χ1v) is 8.23. The number of nitrogens with one attached hydrogen (secondary N) is 1. The molecule has 5 heteroatoms. The minimum atomic E-state index is -0.373. The van der Waals surface area contributed by atoms with Crippen LogP contribution in [-0.2, 0) is 4.79 Å². The number of carbonyl (C=O) groups is 1. The van der Waals surface area contributed by atoms with Crippen LogP contribution in [0.3, 0.4) is 0 Å². The van der Waals surface area contributed by atoms with Crippen molar-refractivity contribution in [3.8, 4) is 5.75 Å². The normalized spacial score (nSPS) is 13.3. The summed E-state index contributed by atoms with van der Waals surface area (Å²) in [5, 5.41) is 2.87. The van der Waals surface area contributed by atoms with E-state index in [9.17, 15) is 4.79 Å². The molecule has 3 nitrogen and oxygen atoms in total. The van der Waals surface area contributed by atoms with E-state index in [1.165, 1.54) is 0 Å². The number of hydrogen-bond donors (Lipinski definition) is 1. The van der Waals surface area contributed by atoms with E-state index < -0.39 is 0 Å². The van der Waals surface area contributed by atoms with Crippen molar-refractivity contribution in [2.75, 3.05) is 12.4 Å². The zero-order chi connectivity index (χ0) is 15.2. The number of hydrogen-bond acceptors (Lipinski definition) is 2. The van der Waals surface area contributed by atoms with Crippen LogP contribution in [0.1, 0.15) is 10.4 Å². The van der Waals surface area contributed by atoms with Crippen LogP contribution in [0.4, 0.5) is 5.69 Å². The van der Waals surface area contributed by atoms with E-state index in [0.717, 1.165) is 17.0 Å². The number of anilines is 1. The van der Waals surface area contributed by atoms with Gasteiger partial charge in [0.05, 0.1) is 11.9 Å². The average Bonchev–Trinajstić information content (AvgIpc) is 2.55. The molecule has 2 atom stereocenters. The molecule has 0 radical (unpaired) electrons. The van der Waals surface area contributed by atoms with Crippen LogP contribution in [-0.4, -0.2) is 17.8 Å². The lowest BCUT2D eigenvalue weighted by Gasteiger charge is -2.17.